The van der Waals surface area contributed by atoms with Crippen LogP contribution < -0.4 is 5.32 Å². The fourth-order valence-corrected chi connectivity index (χ4v) is 3.59. The van der Waals surface area contributed by atoms with Gasteiger partial charge in [-0.15, -0.1) is 0 Å². The van der Waals surface area contributed by atoms with Crippen molar-refractivity contribution in [3.8, 4) is 0 Å². The van der Waals surface area contributed by atoms with Crippen molar-refractivity contribution in [2.75, 3.05) is 19.6 Å². The number of rotatable bonds is 3. The summed E-state index contributed by atoms with van der Waals surface area (Å²) in [5.41, 5.74) is 2.01. The molecule has 0 saturated carbocycles. The lowest BCUT2D eigenvalue weighted by Crippen LogP contribution is -2.44. The van der Waals surface area contributed by atoms with E-state index in [1.165, 1.54) is 0 Å². The topological polar surface area (TPSA) is 76.5 Å². The third-order valence-electron chi connectivity index (χ3n) is 5.09. The van der Waals surface area contributed by atoms with Gasteiger partial charge in [0.15, 0.2) is 0 Å². The molecular weight excluding hydrogens is 356 g/mol. The van der Waals surface area contributed by atoms with E-state index in [4.69, 9.17) is 4.74 Å². The highest BCUT2D eigenvalue weighted by Gasteiger charge is 2.26. The van der Waals surface area contributed by atoms with Gasteiger partial charge in [0.2, 0.25) is 0 Å². The molecule has 2 heterocycles. The maximum atomic E-state index is 13.0. The third-order valence-corrected chi connectivity index (χ3v) is 5.09. The molecule has 1 fully saturated rings. The highest BCUT2D eigenvalue weighted by Crippen LogP contribution is 2.21. The summed E-state index contributed by atoms with van der Waals surface area (Å²) >= 11 is 0. The molecule has 152 valence electrons. The van der Waals surface area contributed by atoms with Gasteiger partial charge in [0.1, 0.15) is 11.4 Å². The second kappa shape index (κ2) is 7.81. The van der Waals surface area contributed by atoms with Gasteiger partial charge in [-0.25, -0.2) is 9.78 Å². The van der Waals surface area contributed by atoms with E-state index in [2.05, 4.69) is 10.3 Å². The number of alkyl carbamates (subject to hydrolysis) is 1. The second-order valence-electron chi connectivity index (χ2n) is 8.56. The number of piperidine rings is 1. The minimum Gasteiger partial charge on any atom is -0.444 e. The normalized spacial score (nSPS) is 17.6. The van der Waals surface area contributed by atoms with Crippen molar-refractivity contribution >= 4 is 23.0 Å². The Balaban J connectivity index is 1.62. The number of amides is 2. The monoisotopic (exact) mass is 386 g/mol. The lowest BCUT2D eigenvalue weighted by molar-refractivity contribution is 0.0502. The SMILES string of the molecule is Cc1nc2cc(C(=O)N3CCC[C@@H](CNC(=O)OC(C)(C)C)C3)ccc2n1C. The molecule has 1 atom stereocenters. The first kappa shape index (κ1) is 20.2. The molecule has 0 unspecified atom stereocenters. The van der Waals surface area contributed by atoms with Crippen LogP contribution in [0.15, 0.2) is 18.2 Å². The van der Waals surface area contributed by atoms with E-state index in [1.54, 1.807) is 0 Å². The number of fused-ring (bicyclic) bond motifs is 1. The molecule has 1 aliphatic heterocycles. The standard InChI is InChI=1S/C21H30N4O3/c1-14-23-17-11-16(8-9-18(17)24(14)5)19(26)25-10-6-7-15(13-25)12-22-20(27)28-21(2,3)4/h8-9,11,15H,6-7,10,12-13H2,1-5H3,(H,22,27)/t15-/m0/s1. The zero-order valence-electron chi connectivity index (χ0n) is 17.4. The van der Waals surface area contributed by atoms with Crippen molar-refractivity contribution in [3.63, 3.8) is 0 Å². The first-order chi connectivity index (χ1) is 13.1. The Kier molecular flexibility index (Phi) is 5.63. The zero-order valence-corrected chi connectivity index (χ0v) is 17.4. The Morgan fingerprint density at radius 3 is 2.79 bits per heavy atom. The first-order valence-corrected chi connectivity index (χ1v) is 9.83. The van der Waals surface area contributed by atoms with Crippen molar-refractivity contribution in [1.29, 1.82) is 0 Å². The van der Waals surface area contributed by atoms with Crippen LogP contribution in [0, 0.1) is 12.8 Å². The zero-order chi connectivity index (χ0) is 20.5. The minimum absolute atomic E-state index is 0.0205. The van der Waals surface area contributed by atoms with Gasteiger partial charge in [0, 0.05) is 32.2 Å². The number of hydrogen-bond donors (Lipinski definition) is 1. The van der Waals surface area contributed by atoms with Crippen LogP contribution in [-0.4, -0.2) is 51.7 Å². The molecule has 1 aliphatic rings. The molecule has 1 aromatic carbocycles. The lowest BCUT2D eigenvalue weighted by atomic mass is 9.97. The quantitative estimate of drug-likeness (QED) is 0.878. The number of ether oxygens (including phenoxy) is 1. The van der Waals surface area contributed by atoms with E-state index in [0.29, 0.717) is 18.7 Å². The number of hydrogen-bond acceptors (Lipinski definition) is 4. The van der Waals surface area contributed by atoms with E-state index in [0.717, 1.165) is 36.2 Å². The molecule has 7 nitrogen and oxygen atoms in total. The Bertz CT molecular complexity index is 882. The number of carbonyl (C=O) groups is 2. The average molecular weight is 386 g/mol. The van der Waals surface area contributed by atoms with Crippen molar-refractivity contribution in [2.45, 2.75) is 46.1 Å². The van der Waals surface area contributed by atoms with E-state index in [-0.39, 0.29) is 11.8 Å². The first-order valence-electron chi connectivity index (χ1n) is 9.83. The van der Waals surface area contributed by atoms with Crippen molar-refractivity contribution in [2.24, 2.45) is 13.0 Å². The molecule has 1 N–H and O–H groups in total. The number of carbonyl (C=O) groups excluding carboxylic acids is 2. The van der Waals surface area contributed by atoms with Gasteiger partial charge >= 0.3 is 6.09 Å². The predicted molar refractivity (Wildman–Crippen MR) is 108 cm³/mol. The fraction of sp³-hybridized carbons (Fsp3) is 0.571. The molecule has 1 saturated heterocycles. The van der Waals surface area contributed by atoms with E-state index < -0.39 is 11.7 Å². The molecule has 0 aliphatic carbocycles. The number of aryl methyl sites for hydroxylation is 2. The van der Waals surface area contributed by atoms with E-state index >= 15 is 0 Å². The van der Waals surface area contributed by atoms with Crippen LogP contribution in [0.4, 0.5) is 4.79 Å². The highest BCUT2D eigenvalue weighted by molar-refractivity contribution is 5.97. The van der Waals surface area contributed by atoms with Gasteiger partial charge in [-0.3, -0.25) is 4.79 Å². The minimum atomic E-state index is -0.513. The van der Waals surface area contributed by atoms with Crippen LogP contribution in [0.1, 0.15) is 49.8 Å². The molecule has 0 bridgehead atoms. The van der Waals surface area contributed by atoms with Gasteiger partial charge in [-0.2, -0.15) is 0 Å². The molecule has 2 amide bonds. The smallest absolute Gasteiger partial charge is 0.407 e. The Morgan fingerprint density at radius 2 is 2.07 bits per heavy atom. The summed E-state index contributed by atoms with van der Waals surface area (Å²) in [4.78, 5) is 31.3. The number of imidazole rings is 1. The predicted octanol–water partition coefficient (Wildman–Crippen LogP) is 3.26. The van der Waals surface area contributed by atoms with Gasteiger partial charge in [-0.05, 0) is 64.7 Å². The van der Waals surface area contributed by atoms with Gasteiger partial charge in [0.05, 0.1) is 11.0 Å². The summed E-state index contributed by atoms with van der Waals surface area (Å²) < 4.78 is 7.30. The van der Waals surface area contributed by atoms with Crippen LogP contribution in [0.25, 0.3) is 11.0 Å². The Labute approximate surface area is 166 Å². The summed E-state index contributed by atoms with van der Waals surface area (Å²) in [7, 11) is 1.97. The lowest BCUT2D eigenvalue weighted by Gasteiger charge is -2.33. The van der Waals surface area contributed by atoms with Crippen molar-refractivity contribution in [1.82, 2.24) is 19.8 Å². The number of aromatic nitrogens is 2. The molecule has 7 heteroatoms. The van der Waals surface area contributed by atoms with Crippen molar-refractivity contribution in [3.05, 3.63) is 29.6 Å². The summed E-state index contributed by atoms with van der Waals surface area (Å²) in [6.07, 6.45) is 1.50. The summed E-state index contributed by atoms with van der Waals surface area (Å²) in [6, 6.07) is 5.69. The van der Waals surface area contributed by atoms with Crippen molar-refractivity contribution < 1.29 is 14.3 Å². The largest absolute Gasteiger partial charge is 0.444 e. The van der Waals surface area contributed by atoms with E-state index in [9.17, 15) is 9.59 Å². The molecule has 28 heavy (non-hydrogen) atoms. The molecule has 3 rings (SSSR count). The van der Waals surface area contributed by atoms with E-state index in [1.807, 2.05) is 62.4 Å². The molecule has 2 aromatic rings. The van der Waals surface area contributed by atoms with Gasteiger partial charge in [0.25, 0.3) is 5.91 Å². The van der Waals surface area contributed by atoms with Crippen LogP contribution >= 0.6 is 0 Å². The molecule has 1 aromatic heterocycles. The van der Waals surface area contributed by atoms with Gasteiger partial charge < -0.3 is 19.5 Å². The van der Waals surface area contributed by atoms with Crippen LogP contribution in [0.5, 0.6) is 0 Å². The number of nitrogens with one attached hydrogen (secondary N) is 1. The average Bonchev–Trinajstić information content (AvgIpc) is 2.92. The number of nitrogens with zero attached hydrogens (tertiary/aromatic N) is 3. The molecule has 0 radical (unpaired) electrons. The maximum Gasteiger partial charge on any atom is 0.407 e. The number of likely N-dealkylation sites (tertiary alicyclic amines) is 1. The van der Waals surface area contributed by atoms with Crippen LogP contribution in [-0.2, 0) is 11.8 Å². The Morgan fingerprint density at radius 1 is 1.32 bits per heavy atom. The summed E-state index contributed by atoms with van der Waals surface area (Å²) in [6.45, 7) is 9.36. The second-order valence-corrected chi connectivity index (χ2v) is 8.56. The summed E-state index contributed by atoms with van der Waals surface area (Å²) in [5, 5.41) is 2.83. The number of benzene rings is 1. The molecule has 0 spiro atoms. The van der Waals surface area contributed by atoms with Crippen LogP contribution in [0.3, 0.4) is 0 Å². The summed E-state index contributed by atoms with van der Waals surface area (Å²) in [5.74, 6) is 1.17. The third kappa shape index (κ3) is 4.64. The van der Waals surface area contributed by atoms with Gasteiger partial charge in [-0.1, -0.05) is 0 Å². The fourth-order valence-electron chi connectivity index (χ4n) is 3.59. The van der Waals surface area contributed by atoms with Crippen LogP contribution in [0.2, 0.25) is 0 Å². The Hall–Kier alpha value is -2.57. The molecular formula is C21H30N4O3. The highest BCUT2D eigenvalue weighted by atomic mass is 16.6. The maximum absolute atomic E-state index is 13.0.